The van der Waals surface area contributed by atoms with Gasteiger partial charge >= 0.3 is 0 Å². The van der Waals surface area contributed by atoms with E-state index in [1.807, 2.05) is 0 Å². The molecule has 0 spiro atoms. The molecule has 142 valence electrons. The van der Waals surface area contributed by atoms with Crippen LogP contribution >= 0.6 is 23.2 Å². The maximum absolute atomic E-state index is 13.3. The molecule has 0 aliphatic heterocycles. The maximum atomic E-state index is 13.3. The van der Waals surface area contributed by atoms with Crippen LogP contribution in [-0.2, 0) is 0 Å². The lowest BCUT2D eigenvalue weighted by Crippen LogP contribution is -2.27. The summed E-state index contributed by atoms with van der Waals surface area (Å²) in [6.45, 7) is 0. The Balaban J connectivity index is 2.15. The van der Waals surface area contributed by atoms with Crippen molar-refractivity contribution < 1.29 is 9.59 Å². The van der Waals surface area contributed by atoms with Crippen LogP contribution in [0.4, 0.5) is 22.7 Å². The molecule has 0 saturated heterocycles. The summed E-state index contributed by atoms with van der Waals surface area (Å²) in [5, 5.41) is 0.546. The normalized spacial score (nSPS) is 10.5. The van der Waals surface area contributed by atoms with Gasteiger partial charge in [0.15, 0.2) is 0 Å². The van der Waals surface area contributed by atoms with E-state index in [1.54, 1.807) is 36.4 Å². The Kier molecular flexibility index (Phi) is 5.44. The highest BCUT2D eigenvalue weighted by Gasteiger charge is 2.24. The molecule has 0 atom stereocenters. The van der Waals surface area contributed by atoms with Crippen LogP contribution in [0.3, 0.4) is 0 Å². The number of amides is 2. The van der Waals surface area contributed by atoms with Crippen LogP contribution in [0.5, 0.6) is 0 Å². The fourth-order valence-electron chi connectivity index (χ4n) is 2.66. The molecule has 0 fully saturated rings. The molecule has 0 heterocycles. The summed E-state index contributed by atoms with van der Waals surface area (Å²) < 4.78 is 0. The van der Waals surface area contributed by atoms with Crippen molar-refractivity contribution in [3.63, 3.8) is 0 Å². The van der Waals surface area contributed by atoms with E-state index in [0.717, 1.165) is 0 Å². The Morgan fingerprint density at radius 3 is 1.54 bits per heavy atom. The van der Waals surface area contributed by atoms with Gasteiger partial charge in [-0.1, -0.05) is 23.2 Å². The number of nitrogen functional groups attached to an aromatic ring is 2. The Bertz CT molecular complexity index is 1020. The topological polar surface area (TPSA) is 115 Å². The molecule has 8 heteroatoms. The van der Waals surface area contributed by atoms with Gasteiger partial charge in [0.1, 0.15) is 0 Å². The minimum absolute atomic E-state index is 0.273. The average Bonchev–Trinajstić information content (AvgIpc) is 2.65. The third-order valence-electron chi connectivity index (χ3n) is 4.04. The van der Waals surface area contributed by atoms with Gasteiger partial charge in [-0.15, -0.1) is 0 Å². The molecule has 3 aromatic rings. The molecule has 6 N–H and O–H groups in total. The predicted molar refractivity (Wildman–Crippen MR) is 113 cm³/mol. The second-order valence-corrected chi connectivity index (χ2v) is 6.82. The van der Waals surface area contributed by atoms with Crippen molar-refractivity contribution in [3.05, 3.63) is 81.8 Å². The van der Waals surface area contributed by atoms with E-state index < -0.39 is 11.8 Å². The first-order valence-electron chi connectivity index (χ1n) is 8.12. The number of primary amides is 1. The van der Waals surface area contributed by atoms with Crippen molar-refractivity contribution in [2.75, 3.05) is 16.4 Å². The highest BCUT2D eigenvalue weighted by molar-refractivity contribution is 6.37. The Hall–Kier alpha value is -3.22. The summed E-state index contributed by atoms with van der Waals surface area (Å²) >= 11 is 12.7. The van der Waals surface area contributed by atoms with E-state index in [9.17, 15) is 9.59 Å². The summed E-state index contributed by atoms with van der Waals surface area (Å²) in [6.07, 6.45) is 0. The number of halogens is 2. The molecule has 0 bridgehead atoms. The third-order valence-corrected chi connectivity index (χ3v) is 4.65. The monoisotopic (exact) mass is 414 g/mol. The molecule has 0 radical (unpaired) electrons. The average molecular weight is 415 g/mol. The van der Waals surface area contributed by atoms with Crippen molar-refractivity contribution >= 4 is 57.8 Å². The van der Waals surface area contributed by atoms with Gasteiger partial charge in [0.05, 0.1) is 21.4 Å². The number of benzene rings is 3. The van der Waals surface area contributed by atoms with E-state index in [0.29, 0.717) is 33.9 Å². The largest absolute Gasteiger partial charge is 0.399 e. The van der Waals surface area contributed by atoms with Crippen LogP contribution in [0.1, 0.15) is 20.7 Å². The van der Waals surface area contributed by atoms with Gasteiger partial charge in [-0.25, -0.2) is 0 Å². The van der Waals surface area contributed by atoms with Gasteiger partial charge in [0, 0.05) is 22.5 Å². The quantitative estimate of drug-likeness (QED) is 0.553. The van der Waals surface area contributed by atoms with Crippen LogP contribution in [-0.4, -0.2) is 11.8 Å². The van der Waals surface area contributed by atoms with E-state index in [-0.39, 0.29) is 10.0 Å². The van der Waals surface area contributed by atoms with Crippen molar-refractivity contribution in [2.24, 2.45) is 5.73 Å². The van der Waals surface area contributed by atoms with Gasteiger partial charge in [-0.3, -0.25) is 14.5 Å². The van der Waals surface area contributed by atoms with Crippen molar-refractivity contribution in [3.8, 4) is 0 Å². The molecule has 3 rings (SSSR count). The van der Waals surface area contributed by atoms with E-state index in [2.05, 4.69) is 0 Å². The number of hydrogen-bond donors (Lipinski definition) is 3. The molecule has 28 heavy (non-hydrogen) atoms. The Morgan fingerprint density at radius 2 is 1.14 bits per heavy atom. The lowest BCUT2D eigenvalue weighted by Gasteiger charge is -2.25. The maximum Gasteiger partial charge on any atom is 0.262 e. The number of nitrogens with zero attached hydrogens (tertiary/aromatic N) is 1. The smallest absolute Gasteiger partial charge is 0.262 e. The molecule has 0 saturated carbocycles. The summed E-state index contributed by atoms with van der Waals surface area (Å²) in [5.41, 5.74) is 19.1. The lowest BCUT2D eigenvalue weighted by molar-refractivity contribution is 0.0988. The molecule has 2 amide bonds. The standard InChI is InChI=1S/C20H16Cl2N4O2/c21-15-9-13(23)5-7-17(15)26(18-8-6-14(24)10-16(18)22)20(28)12-3-1-11(2-4-12)19(25)27/h1-10H,23-24H2,(H2,25,27). The zero-order chi connectivity index (χ0) is 20.4. The first-order valence-corrected chi connectivity index (χ1v) is 8.88. The highest BCUT2D eigenvalue weighted by atomic mass is 35.5. The zero-order valence-corrected chi connectivity index (χ0v) is 16.0. The number of anilines is 4. The molecule has 0 aromatic heterocycles. The van der Waals surface area contributed by atoms with Crippen molar-refractivity contribution in [1.82, 2.24) is 0 Å². The third kappa shape index (κ3) is 3.88. The van der Waals surface area contributed by atoms with Gasteiger partial charge in [0.2, 0.25) is 5.91 Å². The van der Waals surface area contributed by atoms with Crippen LogP contribution in [0.15, 0.2) is 60.7 Å². The molecule has 3 aromatic carbocycles. The summed E-state index contributed by atoms with van der Waals surface area (Å²) in [6, 6.07) is 15.5. The second-order valence-electron chi connectivity index (χ2n) is 6.00. The van der Waals surface area contributed by atoms with Gasteiger partial charge < -0.3 is 17.2 Å². The van der Waals surface area contributed by atoms with Gasteiger partial charge in [-0.05, 0) is 60.7 Å². The summed E-state index contributed by atoms with van der Waals surface area (Å²) in [5.74, 6) is -0.992. The molecular formula is C20H16Cl2N4O2. The second kappa shape index (κ2) is 7.80. The number of nitrogens with two attached hydrogens (primary N) is 3. The Labute approximate surface area is 171 Å². The first kappa shape index (κ1) is 19.5. The van der Waals surface area contributed by atoms with E-state index in [1.165, 1.54) is 29.2 Å². The molecular weight excluding hydrogens is 399 g/mol. The summed E-state index contributed by atoms with van der Waals surface area (Å²) in [4.78, 5) is 26.0. The van der Waals surface area contributed by atoms with Crippen LogP contribution in [0.25, 0.3) is 0 Å². The minimum atomic E-state index is -0.584. The van der Waals surface area contributed by atoms with E-state index in [4.69, 9.17) is 40.4 Å². The zero-order valence-electron chi connectivity index (χ0n) is 14.5. The van der Waals surface area contributed by atoms with Gasteiger partial charge in [0.25, 0.3) is 5.91 Å². The molecule has 6 nitrogen and oxygen atoms in total. The predicted octanol–water partition coefficient (Wildman–Crippen LogP) is 4.24. The number of hydrogen-bond acceptors (Lipinski definition) is 4. The first-order chi connectivity index (χ1) is 13.3. The fraction of sp³-hybridized carbons (Fsp3) is 0. The number of rotatable bonds is 4. The van der Waals surface area contributed by atoms with E-state index >= 15 is 0 Å². The summed E-state index contributed by atoms with van der Waals surface area (Å²) in [7, 11) is 0. The molecule has 0 unspecified atom stereocenters. The SMILES string of the molecule is NC(=O)c1ccc(C(=O)N(c2ccc(N)cc2Cl)c2ccc(N)cc2Cl)cc1. The van der Waals surface area contributed by atoms with Gasteiger partial charge in [-0.2, -0.15) is 0 Å². The van der Waals surface area contributed by atoms with Crippen LogP contribution < -0.4 is 22.1 Å². The van der Waals surface area contributed by atoms with Crippen molar-refractivity contribution in [1.29, 1.82) is 0 Å². The fourth-order valence-corrected chi connectivity index (χ4v) is 3.21. The van der Waals surface area contributed by atoms with Crippen LogP contribution in [0.2, 0.25) is 10.0 Å². The number of carbonyl (C=O) groups excluding carboxylic acids is 2. The number of carbonyl (C=O) groups is 2. The Morgan fingerprint density at radius 1 is 0.714 bits per heavy atom. The lowest BCUT2D eigenvalue weighted by atomic mass is 10.1. The van der Waals surface area contributed by atoms with Crippen molar-refractivity contribution in [2.45, 2.75) is 0 Å². The highest BCUT2D eigenvalue weighted by Crippen LogP contribution is 2.38. The minimum Gasteiger partial charge on any atom is -0.399 e. The molecule has 0 aliphatic carbocycles. The van der Waals surface area contributed by atoms with Crippen LogP contribution in [0, 0.1) is 0 Å². The molecule has 0 aliphatic rings.